The van der Waals surface area contributed by atoms with E-state index in [2.05, 4.69) is 114 Å². The third-order valence-electron chi connectivity index (χ3n) is 15.7. The summed E-state index contributed by atoms with van der Waals surface area (Å²) in [6, 6.07) is 41.0. The number of nitrogens with one attached hydrogen (secondary N) is 2. The highest BCUT2D eigenvalue weighted by Gasteiger charge is 2.52. The van der Waals surface area contributed by atoms with E-state index >= 15 is 0 Å². The van der Waals surface area contributed by atoms with Gasteiger partial charge in [-0.05, 0) is 130 Å². The molecule has 0 atom stereocenters. The van der Waals surface area contributed by atoms with Gasteiger partial charge in [0.1, 0.15) is 48.9 Å². The van der Waals surface area contributed by atoms with E-state index in [4.69, 9.17) is 38.7 Å². The van der Waals surface area contributed by atoms with Gasteiger partial charge in [-0.15, -0.1) is 11.8 Å². The van der Waals surface area contributed by atoms with Crippen LogP contribution in [-0.2, 0) is 30.5 Å². The topological polar surface area (TPSA) is 241 Å². The highest BCUT2D eigenvalue weighted by atomic mass is 127. The monoisotopic (exact) mass is 1430 g/mol. The van der Waals surface area contributed by atoms with Gasteiger partial charge in [0.2, 0.25) is 11.9 Å². The van der Waals surface area contributed by atoms with Gasteiger partial charge in [-0.2, -0.15) is 52.9 Å². The number of benzene rings is 6. The number of hydrogen-bond acceptors (Lipinski definition) is 15. The van der Waals surface area contributed by atoms with Crippen molar-refractivity contribution in [1.82, 2.24) is 69.5 Å². The van der Waals surface area contributed by atoms with E-state index in [-0.39, 0.29) is 44.7 Å². The summed E-state index contributed by atoms with van der Waals surface area (Å²) >= 11 is 2.21. The molecule has 0 radical (unpaired) electrons. The lowest BCUT2D eigenvalue weighted by Crippen LogP contribution is -2.41. The number of methoxy groups -OCH3 is 3. The lowest BCUT2D eigenvalue weighted by atomic mass is 9.77. The summed E-state index contributed by atoms with van der Waals surface area (Å²) in [4.78, 5) is 6.99. The number of aromatic amines is 2. The van der Waals surface area contributed by atoms with E-state index in [0.717, 1.165) is 121 Å². The maximum Gasteiger partial charge on any atom is 0.495 e. The zero-order valence-corrected chi connectivity index (χ0v) is 57.3. The number of nitrogens with zero attached hydrogens (tertiary/aromatic N) is 12. The Labute approximate surface area is 575 Å². The number of aromatic nitrogens is 14. The van der Waals surface area contributed by atoms with E-state index < -0.39 is 19.0 Å². The molecule has 0 unspecified atom stereocenters. The first-order valence-corrected chi connectivity index (χ1v) is 30.6. The second-order valence-corrected chi connectivity index (χ2v) is 23.4. The van der Waals surface area contributed by atoms with Crippen molar-refractivity contribution < 1.29 is 42.3 Å². The van der Waals surface area contributed by atoms with Gasteiger partial charge in [0.15, 0.2) is 0 Å². The van der Waals surface area contributed by atoms with E-state index in [1.54, 1.807) is 36.8 Å². The van der Waals surface area contributed by atoms with Crippen molar-refractivity contribution in [2.24, 2.45) is 21.1 Å². The molecule has 14 aromatic rings. The Morgan fingerprint density at radius 1 is 0.552 bits per heavy atom. The van der Waals surface area contributed by atoms with Crippen LogP contribution in [0.5, 0.6) is 17.2 Å². The smallest absolute Gasteiger partial charge is 0.494 e. The van der Waals surface area contributed by atoms with Gasteiger partial charge in [0, 0.05) is 94.8 Å². The quantitative estimate of drug-likeness (QED) is 0.0479. The first kappa shape index (κ1) is 72.1. The maximum atomic E-state index is 13.3. The molecule has 0 amide bonds. The van der Waals surface area contributed by atoms with E-state index in [1.807, 2.05) is 166 Å². The fraction of sp³-hybridized carbons (Fsp3) is 0.217. The molecule has 1 aliphatic rings. The van der Waals surface area contributed by atoms with E-state index in [1.165, 1.54) is 18.3 Å². The highest BCUT2D eigenvalue weighted by molar-refractivity contribution is 14.1. The summed E-state index contributed by atoms with van der Waals surface area (Å²) < 4.78 is 62.0. The second-order valence-electron chi connectivity index (χ2n) is 22.3. The van der Waals surface area contributed by atoms with Crippen molar-refractivity contribution in [3.63, 3.8) is 0 Å². The minimum Gasteiger partial charge on any atom is -0.494 e. The predicted octanol–water partition coefficient (Wildman–Crippen LogP) is 12.0. The third-order valence-corrected chi connectivity index (χ3v) is 16.5. The number of halogens is 3. The van der Waals surface area contributed by atoms with Crippen LogP contribution in [0.15, 0.2) is 164 Å². The Balaban J connectivity index is 0.000000156. The number of aryl methyl sites for hydroxylation is 3. The second kappa shape index (κ2) is 31.2. The van der Waals surface area contributed by atoms with Gasteiger partial charge >= 0.3 is 14.2 Å². The highest BCUT2D eigenvalue weighted by Crippen LogP contribution is 2.40. The summed E-state index contributed by atoms with van der Waals surface area (Å²) in [6.07, 6.45) is 8.54. The Kier molecular flexibility index (Phi) is 23.5. The summed E-state index contributed by atoms with van der Waals surface area (Å²) in [7, 11) is 8.77. The first-order valence-electron chi connectivity index (χ1n) is 29.5. The van der Waals surface area contributed by atoms with Gasteiger partial charge in [-0.25, -0.2) is 14.6 Å². The molecule has 1 fully saturated rings. The molecule has 9 heterocycles. The van der Waals surface area contributed by atoms with Gasteiger partial charge < -0.3 is 33.6 Å². The molecule has 21 nitrogen and oxygen atoms in total. The minimum absolute atomic E-state index is 0. The first-order chi connectivity index (χ1) is 45.2. The molecule has 6 aromatic carbocycles. The van der Waals surface area contributed by atoms with Crippen LogP contribution in [0, 0.1) is 27.4 Å². The molecule has 4 N–H and O–H groups in total. The van der Waals surface area contributed by atoms with Crippen molar-refractivity contribution >= 4 is 127 Å². The molecular weight excluding hydrogens is 1360 g/mol. The largest absolute Gasteiger partial charge is 0.495 e. The zero-order valence-electron chi connectivity index (χ0n) is 54.2. The minimum atomic E-state index is -1.58. The van der Waals surface area contributed by atoms with Crippen LogP contribution in [0.3, 0.4) is 0 Å². The lowest BCUT2D eigenvalue weighted by molar-refractivity contribution is 0.00578. The summed E-state index contributed by atoms with van der Waals surface area (Å²) in [5.41, 5.74) is 10.4. The average Bonchev–Trinajstić information content (AvgIpc) is 1.61. The maximum absolute atomic E-state index is 13.3. The summed E-state index contributed by atoms with van der Waals surface area (Å²) in [5.74, 6) is 6.48. The molecule has 8 aromatic heterocycles. The zero-order chi connectivity index (χ0) is 67.0. The number of rotatable bonds is 8. The Morgan fingerprint density at radius 3 is 1.57 bits per heavy atom. The number of pyridine rings is 2. The molecule has 0 spiro atoms. The Morgan fingerprint density at radius 2 is 1.04 bits per heavy atom. The van der Waals surface area contributed by atoms with Crippen LogP contribution in [0.1, 0.15) is 49.0 Å². The van der Waals surface area contributed by atoms with Gasteiger partial charge in [0.25, 0.3) is 0 Å². The molecule has 27 heteroatoms. The predicted molar refractivity (Wildman–Crippen MR) is 389 cm³/mol. The Bertz CT molecular complexity index is 5000. The molecule has 96 heavy (non-hydrogen) atoms. The molecule has 494 valence electrons. The van der Waals surface area contributed by atoms with Crippen molar-refractivity contribution in [3.05, 3.63) is 180 Å². The van der Waals surface area contributed by atoms with Crippen molar-refractivity contribution in [2.45, 2.75) is 60.2 Å². The lowest BCUT2D eigenvalue weighted by Gasteiger charge is -2.32. The van der Waals surface area contributed by atoms with Crippen molar-refractivity contribution in [2.75, 3.05) is 21.3 Å². The summed E-state index contributed by atoms with van der Waals surface area (Å²) in [5, 5.41) is 56.1. The van der Waals surface area contributed by atoms with Crippen LogP contribution in [0.25, 0.3) is 93.6 Å². The molecule has 0 saturated carbocycles. The van der Waals surface area contributed by atoms with Crippen LogP contribution >= 0.6 is 36.1 Å². The van der Waals surface area contributed by atoms with Gasteiger partial charge in [-0.1, -0.05) is 80.2 Å². The molecule has 1 saturated heterocycles. The van der Waals surface area contributed by atoms with E-state index in [0.29, 0.717) is 11.4 Å². The summed E-state index contributed by atoms with van der Waals surface area (Å²) in [6.45, 7) is 11.9. The van der Waals surface area contributed by atoms with Crippen LogP contribution in [0.4, 0.5) is 8.78 Å². The number of para-hydroxylation sites is 3. The van der Waals surface area contributed by atoms with Crippen LogP contribution in [0.2, 0.25) is 0 Å². The SMILES string of the molecule is C.CC#CC.COc1cccc2c(-c3cccc4nn(C)cc34)n[nH]c12.COc1cccc2c(-c3cccc4nn(C)cc34)nn(-c3ccc(F)nc3)c12.COc1cccc2c(I)[nH]nc12.Cn1cc2c(B3OC(C)(C)C(C)(C)O3)cccc2n1.OB(O)c1ccc(F)nc1.S. The normalized spacial score (nSPS) is 12.4. The van der Waals surface area contributed by atoms with Crippen molar-refractivity contribution in [3.8, 4) is 57.3 Å². The molecule has 15 rings (SSSR count). The number of ether oxygens (including phenoxy) is 3. The molecule has 0 bridgehead atoms. The number of H-pyrrole nitrogens is 2. The standard InChI is InChI=1S/C21H16FN5O.C16H14N4O.C14H19BN2O2.C8H7IN2O.C5H5BFNO2.C4H6.CH4.H2S/c1-26-12-16-14(5-3-7-17(16)24-26)20-15-6-4-8-18(28-2)21(15)27(25-20)13-9-10-19(22)23-11-13;1-20-9-12-10(5-3-7-13(12)19-20)15-11-6-4-8-14(21-2)16(11)18-17-15;1-13(2)14(3,4)19-15(18-13)11-7-6-8-12-10(11)9-17(5)16-12;1-12-6-4-2-3-5-7(6)10-11-8(5)9;7-5-2-1-4(3-8-5)6(9)10;1-3-4-2;;/h3-12H,1-2H3;3-9H,1-2H3,(H,17,18);6-9H,1-5H3;2-4H,1H3,(H,10,11);1-3,9-10H;1-2H3;1H4;1H2. The van der Waals surface area contributed by atoms with Gasteiger partial charge in [0.05, 0.1) is 61.0 Å². The number of fused-ring (bicyclic) bond motifs is 6. The van der Waals surface area contributed by atoms with Crippen LogP contribution in [-0.4, -0.2) is 126 Å². The molecular formula is C69H73B2F2IN14O7S. The van der Waals surface area contributed by atoms with Crippen LogP contribution < -0.4 is 25.1 Å². The van der Waals surface area contributed by atoms with Gasteiger partial charge in [-0.3, -0.25) is 24.2 Å². The van der Waals surface area contributed by atoms with E-state index in [9.17, 15) is 8.78 Å². The van der Waals surface area contributed by atoms with Crippen molar-refractivity contribution in [1.29, 1.82) is 0 Å². The average molecular weight is 1430 g/mol. The molecule has 0 aliphatic carbocycles. The number of hydrogen-bond donors (Lipinski definition) is 4. The fourth-order valence-corrected chi connectivity index (χ4v) is 10.9. The fourth-order valence-electron chi connectivity index (χ4n) is 10.4. The molecule has 1 aliphatic heterocycles. The Hall–Kier alpha value is -9.69. The third kappa shape index (κ3) is 15.5.